The maximum absolute atomic E-state index is 10.2. The summed E-state index contributed by atoms with van der Waals surface area (Å²) in [7, 11) is 0. The quantitative estimate of drug-likeness (QED) is 0.692. The number of hydrogen-bond donors (Lipinski definition) is 0. The van der Waals surface area contributed by atoms with E-state index < -0.39 is 0 Å². The Bertz CT molecular complexity index is 255. The van der Waals surface area contributed by atoms with Crippen LogP contribution in [0.25, 0.3) is 0 Å². The van der Waals surface area contributed by atoms with Gasteiger partial charge in [-0.1, -0.05) is 11.6 Å². The Morgan fingerprint density at radius 1 is 1.50 bits per heavy atom. The SMILES string of the molecule is Cc1ccc(I)c([C]=O)c1. The van der Waals surface area contributed by atoms with Gasteiger partial charge in [0.1, 0.15) is 0 Å². The van der Waals surface area contributed by atoms with Gasteiger partial charge in [0, 0.05) is 9.13 Å². The molecule has 0 atom stereocenters. The topological polar surface area (TPSA) is 17.1 Å². The molecule has 0 aliphatic rings. The predicted octanol–water partition coefficient (Wildman–Crippen LogP) is 2.06. The maximum atomic E-state index is 10.2. The average Bonchev–Trinajstić information content (AvgIpc) is 1.94. The highest BCUT2D eigenvalue weighted by atomic mass is 127. The van der Waals surface area contributed by atoms with E-state index in [0.717, 1.165) is 9.13 Å². The van der Waals surface area contributed by atoms with E-state index in [1.807, 2.05) is 31.4 Å². The minimum atomic E-state index is 0.653. The molecule has 2 heteroatoms. The van der Waals surface area contributed by atoms with Crippen LogP contribution in [0.3, 0.4) is 0 Å². The minimum absolute atomic E-state index is 0.653. The van der Waals surface area contributed by atoms with Gasteiger partial charge in [-0.2, -0.15) is 0 Å². The van der Waals surface area contributed by atoms with Crippen molar-refractivity contribution in [3.63, 3.8) is 0 Å². The van der Waals surface area contributed by atoms with Crippen LogP contribution in [0.2, 0.25) is 0 Å². The third kappa shape index (κ3) is 1.56. The van der Waals surface area contributed by atoms with Gasteiger partial charge in [0.05, 0.1) is 0 Å². The molecule has 0 heterocycles. The van der Waals surface area contributed by atoms with Gasteiger partial charge in [-0.15, -0.1) is 0 Å². The molecule has 0 aliphatic carbocycles. The third-order valence-electron chi connectivity index (χ3n) is 1.23. The Kier molecular flexibility index (Phi) is 2.43. The van der Waals surface area contributed by atoms with E-state index >= 15 is 0 Å². The fraction of sp³-hybridized carbons (Fsp3) is 0.125. The van der Waals surface area contributed by atoms with E-state index in [-0.39, 0.29) is 0 Å². The summed E-state index contributed by atoms with van der Waals surface area (Å²) in [6.07, 6.45) is 1.88. The van der Waals surface area contributed by atoms with Crippen molar-refractivity contribution in [3.8, 4) is 0 Å². The highest BCUT2D eigenvalue weighted by Crippen LogP contribution is 2.11. The molecular weight excluding hydrogens is 239 g/mol. The summed E-state index contributed by atoms with van der Waals surface area (Å²) in [5, 5.41) is 0. The Labute approximate surface area is 73.6 Å². The standard InChI is InChI=1S/C8H6IO/c1-6-2-3-8(9)7(4-6)5-10/h2-4H,1H3. The van der Waals surface area contributed by atoms with Crippen LogP contribution in [0.5, 0.6) is 0 Å². The van der Waals surface area contributed by atoms with Crippen molar-refractivity contribution in [1.82, 2.24) is 0 Å². The van der Waals surface area contributed by atoms with Crippen LogP contribution < -0.4 is 0 Å². The van der Waals surface area contributed by atoms with Crippen molar-refractivity contribution in [2.45, 2.75) is 6.92 Å². The zero-order valence-corrected chi connectivity index (χ0v) is 7.68. The molecule has 0 saturated carbocycles. The summed E-state index contributed by atoms with van der Waals surface area (Å²) in [6, 6.07) is 5.72. The van der Waals surface area contributed by atoms with Crippen LogP contribution >= 0.6 is 22.6 Å². The highest BCUT2D eigenvalue weighted by molar-refractivity contribution is 14.1. The zero-order valence-electron chi connectivity index (χ0n) is 5.52. The largest absolute Gasteiger partial charge is 0.285 e. The van der Waals surface area contributed by atoms with Crippen LogP contribution in [0.1, 0.15) is 11.1 Å². The number of hydrogen-bond acceptors (Lipinski definition) is 1. The number of benzene rings is 1. The lowest BCUT2D eigenvalue weighted by atomic mass is 10.2. The molecule has 0 bridgehead atoms. The molecule has 0 spiro atoms. The lowest BCUT2D eigenvalue weighted by molar-refractivity contribution is 0.562. The van der Waals surface area contributed by atoms with E-state index in [2.05, 4.69) is 22.6 Å². The van der Waals surface area contributed by atoms with Crippen molar-refractivity contribution < 1.29 is 4.79 Å². The summed E-state index contributed by atoms with van der Waals surface area (Å²) < 4.78 is 0.957. The van der Waals surface area contributed by atoms with Crippen molar-refractivity contribution in [2.24, 2.45) is 0 Å². The number of rotatable bonds is 1. The van der Waals surface area contributed by atoms with Gasteiger partial charge < -0.3 is 0 Å². The second-order valence-corrected chi connectivity index (χ2v) is 3.25. The van der Waals surface area contributed by atoms with Crippen LogP contribution in [-0.2, 0) is 4.79 Å². The molecule has 1 radical (unpaired) electrons. The van der Waals surface area contributed by atoms with Gasteiger partial charge in [-0.3, -0.25) is 4.79 Å². The Balaban J connectivity index is 3.21. The van der Waals surface area contributed by atoms with Crippen LogP contribution in [0.4, 0.5) is 0 Å². The van der Waals surface area contributed by atoms with E-state index in [1.165, 1.54) is 0 Å². The van der Waals surface area contributed by atoms with Gasteiger partial charge in [-0.05, 0) is 41.6 Å². The normalized spacial score (nSPS) is 9.40. The lowest BCUT2D eigenvalue weighted by Crippen LogP contribution is -1.86. The first-order valence-electron chi connectivity index (χ1n) is 2.88. The average molecular weight is 245 g/mol. The zero-order chi connectivity index (χ0) is 7.56. The van der Waals surface area contributed by atoms with E-state index in [9.17, 15) is 4.79 Å². The van der Waals surface area contributed by atoms with Gasteiger partial charge in [0.15, 0.2) is 0 Å². The molecule has 10 heavy (non-hydrogen) atoms. The maximum Gasteiger partial charge on any atom is 0.234 e. The lowest BCUT2D eigenvalue weighted by Gasteiger charge is -1.95. The second kappa shape index (κ2) is 3.14. The summed E-state index contributed by atoms with van der Waals surface area (Å²) in [5.74, 6) is 0. The number of carbonyl (C=O) groups excluding carboxylic acids is 1. The molecule has 1 aromatic rings. The molecule has 1 rings (SSSR count). The van der Waals surface area contributed by atoms with Crippen molar-refractivity contribution in [1.29, 1.82) is 0 Å². The highest BCUT2D eigenvalue weighted by Gasteiger charge is 1.96. The molecule has 51 valence electrons. The number of aryl methyl sites for hydroxylation is 1. The van der Waals surface area contributed by atoms with E-state index in [1.54, 1.807) is 0 Å². The summed E-state index contributed by atoms with van der Waals surface area (Å²) in [6.45, 7) is 1.96. The minimum Gasteiger partial charge on any atom is -0.285 e. The second-order valence-electron chi connectivity index (χ2n) is 2.09. The molecule has 0 fully saturated rings. The van der Waals surface area contributed by atoms with Crippen LogP contribution in [0, 0.1) is 10.5 Å². The van der Waals surface area contributed by atoms with Gasteiger partial charge in [0.2, 0.25) is 6.29 Å². The fourth-order valence-electron chi connectivity index (χ4n) is 0.717. The molecular formula is C8H6IO. The summed E-state index contributed by atoms with van der Waals surface area (Å²) in [4.78, 5) is 10.2. The third-order valence-corrected chi connectivity index (χ3v) is 2.17. The van der Waals surface area contributed by atoms with Crippen LogP contribution in [-0.4, -0.2) is 6.29 Å². The molecule has 0 N–H and O–H groups in total. The van der Waals surface area contributed by atoms with Gasteiger partial charge >= 0.3 is 0 Å². The Hall–Kier alpha value is -0.380. The van der Waals surface area contributed by atoms with Crippen molar-refractivity contribution >= 4 is 28.9 Å². The summed E-state index contributed by atoms with van der Waals surface area (Å²) in [5.41, 5.74) is 1.75. The van der Waals surface area contributed by atoms with Gasteiger partial charge in [0.25, 0.3) is 0 Å². The molecule has 0 amide bonds. The van der Waals surface area contributed by atoms with Crippen LogP contribution in [0.15, 0.2) is 18.2 Å². The fourth-order valence-corrected chi connectivity index (χ4v) is 1.16. The first-order valence-corrected chi connectivity index (χ1v) is 3.96. The monoisotopic (exact) mass is 245 g/mol. The Morgan fingerprint density at radius 3 is 2.70 bits per heavy atom. The first-order chi connectivity index (χ1) is 4.74. The molecule has 0 saturated heterocycles. The predicted molar refractivity (Wildman–Crippen MR) is 48.7 cm³/mol. The van der Waals surface area contributed by atoms with Gasteiger partial charge in [-0.25, -0.2) is 0 Å². The number of halogens is 1. The van der Waals surface area contributed by atoms with E-state index in [0.29, 0.717) is 5.56 Å². The van der Waals surface area contributed by atoms with Crippen molar-refractivity contribution in [2.75, 3.05) is 0 Å². The van der Waals surface area contributed by atoms with E-state index in [4.69, 9.17) is 0 Å². The molecule has 0 unspecified atom stereocenters. The molecule has 0 aliphatic heterocycles. The molecule has 1 aromatic carbocycles. The Morgan fingerprint density at radius 2 is 2.20 bits per heavy atom. The summed E-state index contributed by atoms with van der Waals surface area (Å²) >= 11 is 2.11. The smallest absolute Gasteiger partial charge is 0.234 e. The van der Waals surface area contributed by atoms with Crippen molar-refractivity contribution in [3.05, 3.63) is 32.9 Å². The molecule has 1 nitrogen and oxygen atoms in total. The first kappa shape index (κ1) is 7.72. The molecule has 0 aromatic heterocycles.